The van der Waals surface area contributed by atoms with E-state index >= 15 is 0 Å². The van der Waals surface area contributed by atoms with Gasteiger partial charge in [-0.2, -0.15) is 0 Å². The third kappa shape index (κ3) is 2.97. The summed E-state index contributed by atoms with van der Waals surface area (Å²) in [5.41, 5.74) is 0.828. The molecule has 4 nitrogen and oxygen atoms in total. The minimum absolute atomic E-state index is 0.103. The van der Waals surface area contributed by atoms with Gasteiger partial charge in [0.2, 0.25) is 0 Å². The quantitative estimate of drug-likeness (QED) is 0.679. The number of methoxy groups -OCH3 is 1. The number of carbonyl (C=O) groups is 1. The second kappa shape index (κ2) is 6.18. The summed E-state index contributed by atoms with van der Waals surface area (Å²) >= 11 is 6.36. The first-order valence-electron chi connectivity index (χ1n) is 5.66. The molecule has 0 spiro atoms. The zero-order valence-corrected chi connectivity index (χ0v) is 12.0. The number of ether oxygens (including phenoxy) is 1. The predicted molar refractivity (Wildman–Crippen MR) is 80.0 cm³/mol. The zero-order valence-electron chi connectivity index (χ0n) is 10.3. The molecule has 2 rings (SSSR count). The molecule has 1 aromatic rings. The molecule has 0 atom stereocenters. The fraction of sp³-hybridized carbons (Fsp3) is 0.231. The Bertz CT molecular complexity index is 542. The Morgan fingerprint density at radius 2 is 2.21 bits per heavy atom. The number of hydrogen-bond acceptors (Lipinski definition) is 5. The van der Waals surface area contributed by atoms with E-state index in [0.29, 0.717) is 15.0 Å². The molecule has 1 heterocycles. The molecule has 0 radical (unpaired) electrons. The molecule has 1 amide bonds. The third-order valence-electron chi connectivity index (χ3n) is 2.62. The van der Waals surface area contributed by atoms with E-state index in [1.165, 1.54) is 16.7 Å². The maximum Gasteiger partial charge on any atom is 0.266 e. The molecule has 100 valence electrons. The minimum Gasteiger partial charge on any atom is -0.496 e. The number of amides is 1. The standard InChI is InChI=1S/C13H13NO3S2/c1-17-10-5-3-2-4-9(10)8-11-12(16)14(6-7-15)13(18)19-11/h2-5,8,15H,6-7H2,1H3/b11-8-. The highest BCUT2D eigenvalue weighted by atomic mass is 32.2. The van der Waals surface area contributed by atoms with E-state index in [9.17, 15) is 4.79 Å². The van der Waals surface area contributed by atoms with E-state index in [1.54, 1.807) is 13.2 Å². The maximum atomic E-state index is 12.1. The van der Waals surface area contributed by atoms with Gasteiger partial charge in [0.25, 0.3) is 5.91 Å². The summed E-state index contributed by atoms with van der Waals surface area (Å²) in [4.78, 5) is 14.1. The Kier molecular flexibility index (Phi) is 4.57. The zero-order chi connectivity index (χ0) is 13.8. The van der Waals surface area contributed by atoms with Crippen molar-refractivity contribution in [2.45, 2.75) is 0 Å². The Labute approximate surface area is 121 Å². The Hall–Kier alpha value is -1.37. The van der Waals surface area contributed by atoms with Crippen molar-refractivity contribution in [3.63, 3.8) is 0 Å². The maximum absolute atomic E-state index is 12.1. The molecule has 1 aliphatic rings. The summed E-state index contributed by atoms with van der Waals surface area (Å²) in [6.07, 6.45) is 1.76. The van der Waals surface area contributed by atoms with Gasteiger partial charge in [0, 0.05) is 5.56 Å². The first-order chi connectivity index (χ1) is 9.17. The summed E-state index contributed by atoms with van der Waals surface area (Å²) in [5.74, 6) is 0.532. The van der Waals surface area contributed by atoms with Crippen LogP contribution < -0.4 is 4.74 Å². The minimum atomic E-state index is -0.171. The number of benzene rings is 1. The molecular formula is C13H13NO3S2. The second-order valence-corrected chi connectivity index (χ2v) is 5.47. The van der Waals surface area contributed by atoms with Gasteiger partial charge in [0.05, 0.1) is 25.2 Å². The number of para-hydroxylation sites is 1. The monoisotopic (exact) mass is 295 g/mol. The van der Waals surface area contributed by atoms with Crippen LogP contribution in [0.4, 0.5) is 0 Å². The van der Waals surface area contributed by atoms with Gasteiger partial charge in [-0.25, -0.2) is 0 Å². The molecule has 1 saturated heterocycles. The van der Waals surface area contributed by atoms with Crippen LogP contribution >= 0.6 is 24.0 Å². The number of aliphatic hydroxyl groups excluding tert-OH is 1. The van der Waals surface area contributed by atoms with Crippen LogP contribution in [0.25, 0.3) is 6.08 Å². The average Bonchev–Trinajstić information content (AvgIpc) is 2.67. The van der Waals surface area contributed by atoms with E-state index < -0.39 is 0 Å². The summed E-state index contributed by atoms with van der Waals surface area (Å²) in [6.45, 7) is 0.127. The lowest BCUT2D eigenvalue weighted by molar-refractivity contribution is -0.122. The molecule has 0 unspecified atom stereocenters. The molecule has 0 aliphatic carbocycles. The molecule has 0 aromatic heterocycles. The van der Waals surface area contributed by atoms with Crippen LogP contribution in [0.3, 0.4) is 0 Å². The summed E-state index contributed by atoms with van der Waals surface area (Å²) in [6, 6.07) is 7.45. The molecule has 0 bridgehead atoms. The van der Waals surface area contributed by atoms with Gasteiger partial charge in [0.15, 0.2) is 0 Å². The summed E-state index contributed by atoms with van der Waals surface area (Å²) in [5, 5.41) is 8.92. The number of carbonyl (C=O) groups excluding carboxylic acids is 1. The highest BCUT2D eigenvalue weighted by molar-refractivity contribution is 8.26. The number of thiocarbonyl (C=S) groups is 1. The fourth-order valence-electron chi connectivity index (χ4n) is 1.72. The lowest BCUT2D eigenvalue weighted by Gasteiger charge is -2.11. The van der Waals surface area contributed by atoms with Crippen molar-refractivity contribution in [3.05, 3.63) is 34.7 Å². The molecule has 19 heavy (non-hydrogen) atoms. The third-order valence-corrected chi connectivity index (χ3v) is 4.00. The van der Waals surface area contributed by atoms with Crippen LogP contribution in [0.15, 0.2) is 29.2 Å². The van der Waals surface area contributed by atoms with Crippen molar-refractivity contribution in [3.8, 4) is 5.75 Å². The van der Waals surface area contributed by atoms with Crippen molar-refractivity contribution < 1.29 is 14.6 Å². The van der Waals surface area contributed by atoms with Crippen LogP contribution in [0, 0.1) is 0 Å². The number of rotatable bonds is 4. The molecule has 6 heteroatoms. The van der Waals surface area contributed by atoms with Gasteiger partial charge in [-0.3, -0.25) is 9.69 Å². The van der Waals surface area contributed by atoms with Gasteiger partial charge in [-0.15, -0.1) is 0 Å². The van der Waals surface area contributed by atoms with E-state index in [1.807, 2.05) is 24.3 Å². The summed E-state index contributed by atoms with van der Waals surface area (Å²) < 4.78 is 5.71. The van der Waals surface area contributed by atoms with Crippen LogP contribution in [0.5, 0.6) is 5.75 Å². The number of nitrogens with zero attached hydrogens (tertiary/aromatic N) is 1. The first-order valence-corrected chi connectivity index (χ1v) is 6.89. The average molecular weight is 295 g/mol. The van der Waals surface area contributed by atoms with Crippen LogP contribution in [-0.2, 0) is 4.79 Å². The van der Waals surface area contributed by atoms with Crippen LogP contribution in [0.2, 0.25) is 0 Å². The Morgan fingerprint density at radius 1 is 1.47 bits per heavy atom. The lowest BCUT2D eigenvalue weighted by atomic mass is 10.2. The SMILES string of the molecule is COc1ccccc1/C=C1\SC(=S)N(CCO)C1=O. The smallest absolute Gasteiger partial charge is 0.266 e. The molecule has 1 aromatic carbocycles. The van der Waals surface area contributed by atoms with Crippen molar-refractivity contribution in [2.24, 2.45) is 0 Å². The van der Waals surface area contributed by atoms with Crippen molar-refractivity contribution in [1.29, 1.82) is 0 Å². The number of β-amino-alcohol motifs (C(OH)–C–C–N with tert-alkyl or cyclic N) is 1. The molecule has 1 fully saturated rings. The lowest BCUT2D eigenvalue weighted by Crippen LogP contribution is -2.30. The molecule has 1 N–H and O–H groups in total. The van der Waals surface area contributed by atoms with Gasteiger partial charge < -0.3 is 9.84 Å². The van der Waals surface area contributed by atoms with Gasteiger partial charge in [0.1, 0.15) is 10.1 Å². The highest BCUT2D eigenvalue weighted by Crippen LogP contribution is 2.33. The van der Waals surface area contributed by atoms with Crippen LogP contribution in [0.1, 0.15) is 5.56 Å². The van der Waals surface area contributed by atoms with E-state index in [2.05, 4.69) is 0 Å². The Balaban J connectivity index is 2.30. The number of aliphatic hydroxyl groups is 1. The molecular weight excluding hydrogens is 282 g/mol. The molecule has 1 aliphatic heterocycles. The van der Waals surface area contributed by atoms with Gasteiger partial charge in [-0.1, -0.05) is 42.2 Å². The topological polar surface area (TPSA) is 49.8 Å². The predicted octanol–water partition coefficient (Wildman–Crippen LogP) is 1.89. The first kappa shape index (κ1) is 14.0. The molecule has 0 saturated carbocycles. The van der Waals surface area contributed by atoms with Crippen molar-refractivity contribution in [1.82, 2.24) is 4.90 Å². The van der Waals surface area contributed by atoms with Crippen molar-refractivity contribution >= 4 is 40.3 Å². The number of thioether (sulfide) groups is 1. The highest BCUT2D eigenvalue weighted by Gasteiger charge is 2.31. The summed E-state index contributed by atoms with van der Waals surface area (Å²) in [7, 11) is 1.59. The van der Waals surface area contributed by atoms with E-state index in [4.69, 9.17) is 22.1 Å². The van der Waals surface area contributed by atoms with Crippen molar-refractivity contribution in [2.75, 3.05) is 20.3 Å². The Morgan fingerprint density at radius 3 is 2.89 bits per heavy atom. The largest absolute Gasteiger partial charge is 0.496 e. The van der Waals surface area contributed by atoms with Gasteiger partial charge >= 0.3 is 0 Å². The fourth-order valence-corrected chi connectivity index (χ4v) is 3.02. The number of hydrogen-bond donors (Lipinski definition) is 1. The second-order valence-electron chi connectivity index (χ2n) is 3.80. The van der Waals surface area contributed by atoms with E-state index in [-0.39, 0.29) is 19.1 Å². The van der Waals surface area contributed by atoms with Crippen LogP contribution in [-0.4, -0.2) is 40.5 Å². The normalized spacial score (nSPS) is 17.4. The van der Waals surface area contributed by atoms with Gasteiger partial charge in [-0.05, 0) is 12.1 Å². The van der Waals surface area contributed by atoms with E-state index in [0.717, 1.165) is 5.56 Å².